The first kappa shape index (κ1) is 16.8. The standard InChI is InChI=1S/C15H21NO5S/c1-3-21-13-5-4-6-14(9-13)22(19,20)16-10-12(15(17)18)8-7-11(16)2/h4-6,9,11-12H,3,7-8,10H2,1-2H3,(H,17,18). The zero-order chi connectivity index (χ0) is 16.3. The molecule has 2 atom stereocenters. The first-order valence-electron chi connectivity index (χ1n) is 7.33. The number of ether oxygens (including phenoxy) is 1. The molecule has 1 aromatic rings. The number of sulfonamides is 1. The van der Waals surface area contributed by atoms with E-state index in [2.05, 4.69) is 0 Å². The number of hydrogen-bond donors (Lipinski definition) is 1. The second kappa shape index (κ2) is 6.66. The van der Waals surface area contributed by atoms with Gasteiger partial charge in [-0.25, -0.2) is 8.42 Å². The van der Waals surface area contributed by atoms with Gasteiger partial charge in [-0.3, -0.25) is 4.79 Å². The molecule has 0 aliphatic carbocycles. The lowest BCUT2D eigenvalue weighted by Crippen LogP contribution is -2.47. The molecule has 1 aliphatic heterocycles. The van der Waals surface area contributed by atoms with Gasteiger partial charge in [0.05, 0.1) is 17.4 Å². The summed E-state index contributed by atoms with van der Waals surface area (Å²) < 4.78 is 32.2. The predicted octanol–water partition coefficient (Wildman–Crippen LogP) is 1.96. The van der Waals surface area contributed by atoms with Crippen molar-refractivity contribution >= 4 is 16.0 Å². The summed E-state index contributed by atoms with van der Waals surface area (Å²) in [4.78, 5) is 11.3. The van der Waals surface area contributed by atoms with Crippen LogP contribution in [0.15, 0.2) is 29.2 Å². The number of rotatable bonds is 5. The average molecular weight is 327 g/mol. The molecule has 0 radical (unpaired) electrons. The van der Waals surface area contributed by atoms with Gasteiger partial charge < -0.3 is 9.84 Å². The van der Waals surface area contributed by atoms with Crippen LogP contribution in [0, 0.1) is 5.92 Å². The summed E-state index contributed by atoms with van der Waals surface area (Å²) in [5.74, 6) is -1.11. The molecule has 1 heterocycles. The smallest absolute Gasteiger partial charge is 0.307 e. The van der Waals surface area contributed by atoms with E-state index in [9.17, 15) is 13.2 Å². The molecular formula is C15H21NO5S. The van der Waals surface area contributed by atoms with Gasteiger partial charge in [-0.1, -0.05) is 6.07 Å². The number of hydrogen-bond acceptors (Lipinski definition) is 4. The van der Waals surface area contributed by atoms with Gasteiger partial charge in [-0.2, -0.15) is 4.31 Å². The zero-order valence-corrected chi connectivity index (χ0v) is 13.5. The van der Waals surface area contributed by atoms with Gasteiger partial charge in [0.25, 0.3) is 0 Å². The first-order valence-corrected chi connectivity index (χ1v) is 8.77. The summed E-state index contributed by atoms with van der Waals surface area (Å²) in [6, 6.07) is 6.10. The third-order valence-corrected chi connectivity index (χ3v) is 5.87. The minimum atomic E-state index is -3.73. The van der Waals surface area contributed by atoms with Crippen LogP contribution >= 0.6 is 0 Å². The summed E-state index contributed by atoms with van der Waals surface area (Å²) >= 11 is 0. The van der Waals surface area contributed by atoms with E-state index in [0.717, 1.165) is 0 Å². The van der Waals surface area contributed by atoms with Gasteiger partial charge >= 0.3 is 5.97 Å². The van der Waals surface area contributed by atoms with Crippen molar-refractivity contribution in [3.63, 3.8) is 0 Å². The van der Waals surface area contributed by atoms with E-state index >= 15 is 0 Å². The largest absolute Gasteiger partial charge is 0.494 e. The Morgan fingerprint density at radius 3 is 2.77 bits per heavy atom. The highest BCUT2D eigenvalue weighted by atomic mass is 32.2. The van der Waals surface area contributed by atoms with Crippen LogP contribution < -0.4 is 4.74 Å². The van der Waals surface area contributed by atoms with Crippen LogP contribution in [-0.2, 0) is 14.8 Å². The van der Waals surface area contributed by atoms with Crippen LogP contribution in [0.25, 0.3) is 0 Å². The molecule has 1 saturated heterocycles. The molecule has 2 unspecified atom stereocenters. The molecule has 122 valence electrons. The van der Waals surface area contributed by atoms with Gasteiger partial charge in [0.1, 0.15) is 5.75 Å². The topological polar surface area (TPSA) is 83.9 Å². The number of piperidine rings is 1. The number of nitrogens with zero attached hydrogens (tertiary/aromatic N) is 1. The van der Waals surface area contributed by atoms with Gasteiger partial charge in [0.2, 0.25) is 10.0 Å². The van der Waals surface area contributed by atoms with Crippen LogP contribution in [-0.4, -0.2) is 43.0 Å². The van der Waals surface area contributed by atoms with Crippen molar-refractivity contribution in [2.75, 3.05) is 13.2 Å². The highest BCUT2D eigenvalue weighted by molar-refractivity contribution is 7.89. The molecule has 2 rings (SSSR count). The molecule has 1 fully saturated rings. The summed E-state index contributed by atoms with van der Waals surface area (Å²) in [5, 5.41) is 9.15. The Labute approximate surface area is 130 Å². The molecule has 0 saturated carbocycles. The summed E-state index contributed by atoms with van der Waals surface area (Å²) in [7, 11) is -3.73. The average Bonchev–Trinajstić information content (AvgIpc) is 2.48. The van der Waals surface area contributed by atoms with E-state index in [-0.39, 0.29) is 17.5 Å². The van der Waals surface area contributed by atoms with Gasteiger partial charge in [0.15, 0.2) is 0 Å². The molecule has 1 aliphatic rings. The Morgan fingerprint density at radius 1 is 1.41 bits per heavy atom. The van der Waals surface area contributed by atoms with Gasteiger partial charge in [-0.15, -0.1) is 0 Å². The fourth-order valence-corrected chi connectivity index (χ4v) is 4.38. The van der Waals surface area contributed by atoms with Crippen molar-refractivity contribution in [2.24, 2.45) is 5.92 Å². The molecule has 0 aromatic heterocycles. The number of carbonyl (C=O) groups is 1. The Kier molecular flexibility index (Phi) is 5.08. The third-order valence-electron chi connectivity index (χ3n) is 3.90. The summed E-state index contributed by atoms with van der Waals surface area (Å²) in [5.41, 5.74) is 0. The second-order valence-electron chi connectivity index (χ2n) is 5.44. The van der Waals surface area contributed by atoms with E-state index in [1.807, 2.05) is 13.8 Å². The molecule has 0 spiro atoms. The molecule has 0 bridgehead atoms. The van der Waals surface area contributed by atoms with Crippen LogP contribution in [0.5, 0.6) is 5.75 Å². The Bertz CT molecular complexity index is 643. The van der Waals surface area contributed by atoms with Crippen molar-refractivity contribution < 1.29 is 23.1 Å². The van der Waals surface area contributed by atoms with Crippen molar-refractivity contribution in [1.82, 2.24) is 4.31 Å². The van der Waals surface area contributed by atoms with Crippen LogP contribution in [0.4, 0.5) is 0 Å². The molecule has 1 aromatic carbocycles. The molecule has 0 amide bonds. The Balaban J connectivity index is 2.31. The fraction of sp³-hybridized carbons (Fsp3) is 0.533. The number of aliphatic carboxylic acids is 1. The highest BCUT2D eigenvalue weighted by Crippen LogP contribution is 2.29. The second-order valence-corrected chi connectivity index (χ2v) is 7.33. The van der Waals surface area contributed by atoms with E-state index in [1.165, 1.54) is 16.4 Å². The maximum absolute atomic E-state index is 12.8. The molecular weight excluding hydrogens is 306 g/mol. The third kappa shape index (κ3) is 3.41. The first-order chi connectivity index (χ1) is 10.4. The number of carboxylic acids is 1. The lowest BCUT2D eigenvalue weighted by molar-refractivity contribution is -0.143. The quantitative estimate of drug-likeness (QED) is 0.894. The van der Waals surface area contributed by atoms with Crippen LogP contribution in [0.3, 0.4) is 0 Å². The molecule has 7 heteroatoms. The van der Waals surface area contributed by atoms with Gasteiger partial charge in [0, 0.05) is 18.7 Å². The highest BCUT2D eigenvalue weighted by Gasteiger charge is 2.37. The zero-order valence-electron chi connectivity index (χ0n) is 12.7. The van der Waals surface area contributed by atoms with Crippen molar-refractivity contribution in [3.8, 4) is 5.75 Å². The Morgan fingerprint density at radius 2 is 2.14 bits per heavy atom. The van der Waals surface area contributed by atoms with Gasteiger partial charge in [-0.05, 0) is 38.8 Å². The lowest BCUT2D eigenvalue weighted by Gasteiger charge is -2.35. The summed E-state index contributed by atoms with van der Waals surface area (Å²) in [6.45, 7) is 4.09. The van der Waals surface area contributed by atoms with Crippen molar-refractivity contribution in [3.05, 3.63) is 24.3 Å². The minimum Gasteiger partial charge on any atom is -0.494 e. The van der Waals surface area contributed by atoms with E-state index in [0.29, 0.717) is 25.2 Å². The van der Waals surface area contributed by atoms with Crippen LogP contribution in [0.1, 0.15) is 26.7 Å². The lowest BCUT2D eigenvalue weighted by atomic mass is 9.96. The Hall–Kier alpha value is -1.60. The van der Waals surface area contributed by atoms with E-state index < -0.39 is 21.9 Å². The van der Waals surface area contributed by atoms with Crippen LogP contribution in [0.2, 0.25) is 0 Å². The number of benzene rings is 1. The molecule has 22 heavy (non-hydrogen) atoms. The van der Waals surface area contributed by atoms with Crippen molar-refractivity contribution in [2.45, 2.75) is 37.6 Å². The van der Waals surface area contributed by atoms with E-state index in [1.54, 1.807) is 12.1 Å². The van der Waals surface area contributed by atoms with E-state index in [4.69, 9.17) is 9.84 Å². The number of carboxylic acid groups (broad SMARTS) is 1. The fourth-order valence-electron chi connectivity index (χ4n) is 2.64. The molecule has 6 nitrogen and oxygen atoms in total. The minimum absolute atomic E-state index is 0.0116. The maximum Gasteiger partial charge on any atom is 0.307 e. The monoisotopic (exact) mass is 327 g/mol. The SMILES string of the molecule is CCOc1cccc(S(=O)(=O)N2CC(C(=O)O)CCC2C)c1. The maximum atomic E-state index is 12.8. The van der Waals surface area contributed by atoms with Crippen molar-refractivity contribution in [1.29, 1.82) is 0 Å². The normalized spacial score (nSPS) is 23.2. The molecule has 1 N–H and O–H groups in total. The summed E-state index contributed by atoms with van der Waals surface area (Å²) in [6.07, 6.45) is 1.04. The predicted molar refractivity (Wildman–Crippen MR) is 81.3 cm³/mol.